The Morgan fingerprint density at radius 2 is 2.00 bits per heavy atom. The largest absolute Gasteiger partial charge is 0.383 e. The van der Waals surface area contributed by atoms with Crippen LogP contribution in [0.5, 0.6) is 0 Å². The second-order valence-electron chi connectivity index (χ2n) is 4.23. The van der Waals surface area contributed by atoms with Gasteiger partial charge >= 0.3 is 0 Å². The van der Waals surface area contributed by atoms with Gasteiger partial charge in [-0.05, 0) is 43.5 Å². The predicted molar refractivity (Wildman–Crippen MR) is 61.9 cm³/mol. The molecule has 2 heteroatoms. The highest BCUT2D eigenvalue weighted by Gasteiger charge is 2.23. The quantitative estimate of drug-likeness (QED) is 0.792. The van der Waals surface area contributed by atoms with Crippen LogP contribution in [0.25, 0.3) is 0 Å². The molecule has 0 aromatic heterocycles. The Morgan fingerprint density at radius 1 is 1.36 bits per heavy atom. The lowest BCUT2D eigenvalue weighted by atomic mass is 10.1. The topological polar surface area (TPSA) is 12.0 Å². The summed E-state index contributed by atoms with van der Waals surface area (Å²) in [6.07, 6.45) is 4.14. The molecular weight excluding hydrogens is 194 g/mol. The second-order valence-corrected chi connectivity index (χ2v) is 4.67. The molecule has 1 aliphatic carbocycles. The fraction of sp³-hybridized carbons (Fsp3) is 0.500. The van der Waals surface area contributed by atoms with Crippen LogP contribution in [0.15, 0.2) is 24.3 Å². The zero-order valence-corrected chi connectivity index (χ0v) is 9.22. The highest BCUT2D eigenvalue weighted by molar-refractivity contribution is 6.30. The van der Waals surface area contributed by atoms with E-state index in [0.717, 1.165) is 10.9 Å². The molecule has 1 fully saturated rings. The third-order valence-electron chi connectivity index (χ3n) is 2.64. The van der Waals surface area contributed by atoms with Crippen molar-refractivity contribution in [2.75, 3.05) is 5.32 Å². The number of benzene rings is 1. The normalized spacial score (nSPS) is 17.9. The fourth-order valence-electron chi connectivity index (χ4n) is 1.74. The zero-order chi connectivity index (χ0) is 9.97. The summed E-state index contributed by atoms with van der Waals surface area (Å²) >= 11 is 5.81. The predicted octanol–water partition coefficient (Wildman–Crippen LogP) is 3.94. The van der Waals surface area contributed by atoms with Gasteiger partial charge in [-0.3, -0.25) is 0 Å². The maximum Gasteiger partial charge on any atom is 0.0407 e. The van der Waals surface area contributed by atoms with Gasteiger partial charge in [-0.1, -0.05) is 24.4 Å². The van der Waals surface area contributed by atoms with Gasteiger partial charge in [-0.2, -0.15) is 0 Å². The molecule has 76 valence electrons. The van der Waals surface area contributed by atoms with Crippen LogP contribution in [-0.2, 0) is 0 Å². The van der Waals surface area contributed by atoms with Gasteiger partial charge in [0.15, 0.2) is 0 Å². The minimum absolute atomic E-state index is 0.573. The summed E-state index contributed by atoms with van der Waals surface area (Å²) in [4.78, 5) is 0. The molecule has 14 heavy (non-hydrogen) atoms. The Morgan fingerprint density at radius 3 is 2.57 bits per heavy atom. The zero-order valence-electron chi connectivity index (χ0n) is 8.46. The van der Waals surface area contributed by atoms with Crippen LogP contribution in [0.4, 0.5) is 5.69 Å². The average molecular weight is 210 g/mol. The highest BCUT2D eigenvalue weighted by Crippen LogP contribution is 2.34. The van der Waals surface area contributed by atoms with Crippen molar-refractivity contribution in [3.05, 3.63) is 29.3 Å². The van der Waals surface area contributed by atoms with Gasteiger partial charge in [0, 0.05) is 16.8 Å². The van der Waals surface area contributed by atoms with Gasteiger partial charge in [-0.25, -0.2) is 0 Å². The third-order valence-corrected chi connectivity index (χ3v) is 2.89. The summed E-state index contributed by atoms with van der Waals surface area (Å²) in [6, 6.07) is 8.49. The van der Waals surface area contributed by atoms with Crippen LogP contribution in [-0.4, -0.2) is 6.04 Å². The number of rotatable bonds is 4. The van der Waals surface area contributed by atoms with E-state index in [1.54, 1.807) is 0 Å². The maximum atomic E-state index is 5.81. The van der Waals surface area contributed by atoms with E-state index in [1.165, 1.54) is 24.9 Å². The third kappa shape index (κ3) is 2.91. The molecule has 1 nitrogen and oxygen atoms in total. The summed E-state index contributed by atoms with van der Waals surface area (Å²) in [6.45, 7) is 2.24. The van der Waals surface area contributed by atoms with Crippen LogP contribution >= 0.6 is 11.6 Å². The van der Waals surface area contributed by atoms with Gasteiger partial charge < -0.3 is 5.32 Å². The van der Waals surface area contributed by atoms with Crippen LogP contribution in [0, 0.1) is 5.92 Å². The van der Waals surface area contributed by atoms with Crippen LogP contribution in [0.2, 0.25) is 5.02 Å². The summed E-state index contributed by atoms with van der Waals surface area (Å²) in [5.41, 5.74) is 1.17. The summed E-state index contributed by atoms with van der Waals surface area (Å²) in [5, 5.41) is 4.28. The molecule has 1 aromatic rings. The number of nitrogens with one attached hydrogen (secondary N) is 1. The molecule has 0 heterocycles. The molecule has 0 aliphatic heterocycles. The number of halogens is 1. The van der Waals surface area contributed by atoms with Crippen molar-refractivity contribution < 1.29 is 0 Å². The Labute approximate surface area is 90.5 Å². The molecule has 1 atom stereocenters. The lowest BCUT2D eigenvalue weighted by Gasteiger charge is -2.14. The Bertz CT molecular complexity index is 290. The Kier molecular flexibility index (Phi) is 2.97. The molecule has 0 saturated heterocycles. The van der Waals surface area contributed by atoms with E-state index in [0.29, 0.717) is 6.04 Å². The molecule has 0 radical (unpaired) electrons. The number of anilines is 1. The van der Waals surface area contributed by atoms with Gasteiger partial charge in [0.05, 0.1) is 0 Å². The van der Waals surface area contributed by atoms with Gasteiger partial charge in [0.25, 0.3) is 0 Å². The minimum atomic E-state index is 0.573. The SMILES string of the molecule is CC(CC1CC1)Nc1ccc(Cl)cc1. The van der Waals surface area contributed by atoms with Crippen LogP contribution in [0.3, 0.4) is 0 Å². The summed E-state index contributed by atoms with van der Waals surface area (Å²) in [7, 11) is 0. The summed E-state index contributed by atoms with van der Waals surface area (Å²) < 4.78 is 0. The van der Waals surface area contributed by atoms with Crippen molar-refractivity contribution >= 4 is 17.3 Å². The molecule has 0 spiro atoms. The molecule has 1 saturated carbocycles. The van der Waals surface area contributed by atoms with Crippen molar-refractivity contribution in [2.45, 2.75) is 32.2 Å². The molecule has 1 unspecified atom stereocenters. The van der Waals surface area contributed by atoms with Crippen molar-refractivity contribution in [3.63, 3.8) is 0 Å². The van der Waals surface area contributed by atoms with E-state index in [2.05, 4.69) is 12.2 Å². The first-order chi connectivity index (χ1) is 6.74. The number of hydrogen-bond donors (Lipinski definition) is 1. The molecule has 1 N–H and O–H groups in total. The van der Waals surface area contributed by atoms with Crippen LogP contribution in [0.1, 0.15) is 26.2 Å². The maximum absolute atomic E-state index is 5.81. The summed E-state index contributed by atoms with van der Waals surface area (Å²) in [5.74, 6) is 0.977. The lowest BCUT2D eigenvalue weighted by Crippen LogP contribution is -2.15. The Balaban J connectivity index is 1.85. The highest BCUT2D eigenvalue weighted by atomic mass is 35.5. The van der Waals surface area contributed by atoms with E-state index in [9.17, 15) is 0 Å². The smallest absolute Gasteiger partial charge is 0.0407 e. The first-order valence-electron chi connectivity index (χ1n) is 5.26. The van der Waals surface area contributed by atoms with Crippen molar-refractivity contribution in [2.24, 2.45) is 5.92 Å². The number of hydrogen-bond acceptors (Lipinski definition) is 1. The molecule has 2 rings (SSSR count). The van der Waals surface area contributed by atoms with Gasteiger partial charge in [0.2, 0.25) is 0 Å². The van der Waals surface area contributed by atoms with Crippen molar-refractivity contribution in [1.29, 1.82) is 0 Å². The average Bonchev–Trinajstić information content (AvgIpc) is 2.93. The van der Waals surface area contributed by atoms with Gasteiger partial charge in [0.1, 0.15) is 0 Å². The van der Waals surface area contributed by atoms with E-state index >= 15 is 0 Å². The van der Waals surface area contributed by atoms with E-state index in [4.69, 9.17) is 11.6 Å². The molecule has 0 amide bonds. The molecule has 1 aliphatic rings. The Hall–Kier alpha value is -0.690. The molecule has 1 aromatic carbocycles. The van der Waals surface area contributed by atoms with Crippen molar-refractivity contribution in [3.8, 4) is 0 Å². The first-order valence-corrected chi connectivity index (χ1v) is 5.64. The first kappa shape index (κ1) is 9.85. The standard InChI is InChI=1S/C12H16ClN/c1-9(8-10-2-3-10)14-12-6-4-11(13)5-7-12/h4-7,9-10,14H,2-3,8H2,1H3. The minimum Gasteiger partial charge on any atom is -0.383 e. The van der Waals surface area contributed by atoms with Gasteiger partial charge in [-0.15, -0.1) is 0 Å². The molecule has 0 bridgehead atoms. The monoisotopic (exact) mass is 209 g/mol. The van der Waals surface area contributed by atoms with E-state index < -0.39 is 0 Å². The second kappa shape index (κ2) is 4.22. The van der Waals surface area contributed by atoms with E-state index in [-0.39, 0.29) is 0 Å². The molecular formula is C12H16ClN. The van der Waals surface area contributed by atoms with E-state index in [1.807, 2.05) is 24.3 Å². The lowest BCUT2D eigenvalue weighted by molar-refractivity contribution is 0.642. The van der Waals surface area contributed by atoms with Crippen molar-refractivity contribution in [1.82, 2.24) is 0 Å². The van der Waals surface area contributed by atoms with Crippen LogP contribution < -0.4 is 5.32 Å². The fourth-order valence-corrected chi connectivity index (χ4v) is 1.87.